The first kappa shape index (κ1) is 14.1. The van der Waals surface area contributed by atoms with Gasteiger partial charge in [-0.05, 0) is 23.6 Å². The van der Waals surface area contributed by atoms with E-state index in [0.717, 1.165) is 11.3 Å². The van der Waals surface area contributed by atoms with Crippen molar-refractivity contribution in [2.75, 3.05) is 12.8 Å². The van der Waals surface area contributed by atoms with Gasteiger partial charge in [-0.15, -0.1) is 0 Å². The summed E-state index contributed by atoms with van der Waals surface area (Å²) in [6, 6.07) is 7.60. The van der Waals surface area contributed by atoms with Crippen LogP contribution in [-0.2, 0) is 7.05 Å². The summed E-state index contributed by atoms with van der Waals surface area (Å²) in [4.78, 5) is 12.4. The van der Waals surface area contributed by atoms with Crippen molar-refractivity contribution in [2.24, 2.45) is 7.05 Å². The summed E-state index contributed by atoms with van der Waals surface area (Å²) in [6.45, 7) is 2.02. The highest BCUT2D eigenvalue weighted by Gasteiger charge is 2.20. The number of hydrogen-bond acceptors (Lipinski definition) is 4. The maximum absolute atomic E-state index is 12.4. The van der Waals surface area contributed by atoms with E-state index < -0.39 is 0 Å². The van der Waals surface area contributed by atoms with Crippen molar-refractivity contribution >= 4 is 11.5 Å². The smallest absolute Gasteiger partial charge is 0.185 e. The highest BCUT2D eigenvalue weighted by Crippen LogP contribution is 2.25. The minimum atomic E-state index is 0.0196. The van der Waals surface area contributed by atoms with Gasteiger partial charge in [0.05, 0.1) is 13.3 Å². The number of nitrogens with zero attached hydrogens (tertiary/aromatic N) is 2. The van der Waals surface area contributed by atoms with E-state index in [2.05, 4.69) is 5.10 Å². The number of nitrogens with two attached hydrogens (primary N) is 1. The van der Waals surface area contributed by atoms with Crippen LogP contribution in [0.25, 0.3) is 0 Å². The fourth-order valence-corrected chi connectivity index (χ4v) is 2.20. The molecule has 0 fully saturated rings. The van der Waals surface area contributed by atoms with Crippen LogP contribution in [0.5, 0.6) is 5.75 Å². The minimum absolute atomic E-state index is 0.0196. The molecule has 5 heteroatoms. The van der Waals surface area contributed by atoms with Crippen LogP contribution in [0.2, 0.25) is 0 Å². The first-order chi connectivity index (χ1) is 9.52. The van der Waals surface area contributed by atoms with Gasteiger partial charge in [-0.25, -0.2) is 0 Å². The van der Waals surface area contributed by atoms with Crippen molar-refractivity contribution in [3.63, 3.8) is 0 Å². The number of carbonyl (C=O) groups excluding carboxylic acids is 1. The number of hydrogen-bond donors (Lipinski definition) is 1. The molecule has 0 bridgehead atoms. The van der Waals surface area contributed by atoms with Crippen molar-refractivity contribution in [3.05, 3.63) is 41.7 Å². The van der Waals surface area contributed by atoms with E-state index in [4.69, 9.17) is 10.5 Å². The lowest BCUT2D eigenvalue weighted by molar-refractivity contribution is 0.0963. The van der Waals surface area contributed by atoms with Gasteiger partial charge in [0.25, 0.3) is 0 Å². The SMILES string of the molecule is COc1cnn(C)c1C(=O)CC(C)c1ccc(N)cc1. The average molecular weight is 273 g/mol. The number of ether oxygens (including phenoxy) is 1. The Kier molecular flexibility index (Phi) is 4.08. The summed E-state index contributed by atoms with van der Waals surface area (Å²) in [5.74, 6) is 0.649. The Morgan fingerprint density at radius 3 is 2.65 bits per heavy atom. The minimum Gasteiger partial charge on any atom is -0.493 e. The zero-order valence-electron chi connectivity index (χ0n) is 12.0. The number of aromatic nitrogens is 2. The predicted molar refractivity (Wildman–Crippen MR) is 78.0 cm³/mol. The number of anilines is 1. The van der Waals surface area contributed by atoms with Crippen LogP contribution < -0.4 is 10.5 Å². The molecule has 0 aliphatic heterocycles. The zero-order valence-corrected chi connectivity index (χ0v) is 12.0. The van der Waals surface area contributed by atoms with Crippen LogP contribution in [0.3, 0.4) is 0 Å². The van der Waals surface area contributed by atoms with Crippen molar-refractivity contribution in [1.29, 1.82) is 0 Å². The number of Topliss-reactive ketones (excluding diaryl/α,β-unsaturated/α-hetero) is 1. The number of ketones is 1. The van der Waals surface area contributed by atoms with E-state index in [9.17, 15) is 4.79 Å². The molecular formula is C15H19N3O2. The zero-order chi connectivity index (χ0) is 14.7. The second-order valence-corrected chi connectivity index (χ2v) is 4.88. The van der Waals surface area contributed by atoms with Crippen LogP contribution in [-0.4, -0.2) is 22.7 Å². The van der Waals surface area contributed by atoms with Crippen LogP contribution >= 0.6 is 0 Å². The highest BCUT2D eigenvalue weighted by atomic mass is 16.5. The largest absolute Gasteiger partial charge is 0.493 e. The average Bonchev–Trinajstić information content (AvgIpc) is 2.80. The van der Waals surface area contributed by atoms with Crippen LogP contribution in [0.4, 0.5) is 5.69 Å². The number of aryl methyl sites for hydroxylation is 1. The Balaban J connectivity index is 2.15. The predicted octanol–water partition coefficient (Wildman–Crippen LogP) is 2.39. The summed E-state index contributed by atoms with van der Waals surface area (Å²) in [5.41, 5.74) is 7.99. The summed E-state index contributed by atoms with van der Waals surface area (Å²) in [6.07, 6.45) is 1.96. The second kappa shape index (κ2) is 5.77. The Hall–Kier alpha value is -2.30. The third-order valence-electron chi connectivity index (χ3n) is 3.39. The Bertz CT molecular complexity index is 602. The summed E-state index contributed by atoms with van der Waals surface area (Å²) in [7, 11) is 3.28. The van der Waals surface area contributed by atoms with E-state index in [1.165, 1.54) is 7.11 Å². The van der Waals surface area contributed by atoms with Gasteiger partial charge in [-0.1, -0.05) is 19.1 Å². The lowest BCUT2D eigenvalue weighted by atomic mass is 9.94. The molecule has 0 amide bonds. The molecule has 0 radical (unpaired) electrons. The number of benzene rings is 1. The van der Waals surface area contributed by atoms with Gasteiger partial charge in [0.15, 0.2) is 11.5 Å². The van der Waals surface area contributed by atoms with Gasteiger partial charge in [-0.2, -0.15) is 5.10 Å². The molecule has 2 N–H and O–H groups in total. The number of carbonyl (C=O) groups is 1. The van der Waals surface area contributed by atoms with E-state index in [-0.39, 0.29) is 11.7 Å². The first-order valence-electron chi connectivity index (χ1n) is 6.47. The van der Waals surface area contributed by atoms with Gasteiger partial charge in [-0.3, -0.25) is 9.48 Å². The summed E-state index contributed by atoms with van der Waals surface area (Å²) >= 11 is 0. The Morgan fingerprint density at radius 1 is 1.40 bits per heavy atom. The Labute approximate surface area is 118 Å². The van der Waals surface area contributed by atoms with E-state index in [1.54, 1.807) is 17.9 Å². The fraction of sp³-hybridized carbons (Fsp3) is 0.333. The molecule has 2 rings (SSSR count). The van der Waals surface area contributed by atoms with Crippen LogP contribution in [0, 0.1) is 0 Å². The molecule has 0 aliphatic rings. The van der Waals surface area contributed by atoms with E-state index >= 15 is 0 Å². The molecule has 0 spiro atoms. The molecule has 1 aromatic heterocycles. The number of methoxy groups -OCH3 is 1. The standard InChI is InChI=1S/C15H19N3O2/c1-10(11-4-6-12(16)7-5-11)8-13(19)15-14(20-3)9-17-18(15)2/h4-7,9-10H,8,16H2,1-3H3. The van der Waals surface area contributed by atoms with E-state index in [1.807, 2.05) is 31.2 Å². The van der Waals surface area contributed by atoms with Gasteiger partial charge < -0.3 is 10.5 Å². The molecule has 20 heavy (non-hydrogen) atoms. The lowest BCUT2D eigenvalue weighted by Crippen LogP contribution is -2.11. The van der Waals surface area contributed by atoms with Crippen molar-refractivity contribution in [2.45, 2.75) is 19.3 Å². The molecule has 0 saturated heterocycles. The summed E-state index contributed by atoms with van der Waals surface area (Å²) < 4.78 is 6.72. The quantitative estimate of drug-likeness (QED) is 0.670. The van der Waals surface area contributed by atoms with Crippen molar-refractivity contribution in [3.8, 4) is 5.75 Å². The molecule has 1 heterocycles. The topological polar surface area (TPSA) is 70.1 Å². The third-order valence-corrected chi connectivity index (χ3v) is 3.39. The third kappa shape index (κ3) is 2.82. The molecule has 1 atom stereocenters. The molecule has 1 unspecified atom stereocenters. The highest BCUT2D eigenvalue weighted by molar-refractivity contribution is 5.97. The molecule has 106 valence electrons. The summed E-state index contributed by atoms with van der Waals surface area (Å²) in [5, 5.41) is 4.05. The maximum Gasteiger partial charge on any atom is 0.185 e. The number of rotatable bonds is 5. The molecule has 1 aromatic carbocycles. The van der Waals surface area contributed by atoms with Gasteiger partial charge >= 0.3 is 0 Å². The van der Waals surface area contributed by atoms with Crippen LogP contribution in [0.15, 0.2) is 30.5 Å². The van der Waals surface area contributed by atoms with Crippen molar-refractivity contribution < 1.29 is 9.53 Å². The molecular weight excluding hydrogens is 254 g/mol. The fourth-order valence-electron chi connectivity index (χ4n) is 2.20. The van der Waals surface area contributed by atoms with Gasteiger partial charge in [0.2, 0.25) is 0 Å². The second-order valence-electron chi connectivity index (χ2n) is 4.88. The van der Waals surface area contributed by atoms with Gasteiger partial charge in [0, 0.05) is 19.2 Å². The number of nitrogen functional groups attached to an aromatic ring is 1. The van der Waals surface area contributed by atoms with Crippen LogP contribution in [0.1, 0.15) is 35.3 Å². The molecule has 5 nitrogen and oxygen atoms in total. The van der Waals surface area contributed by atoms with Gasteiger partial charge in [0.1, 0.15) is 5.69 Å². The van der Waals surface area contributed by atoms with Crippen molar-refractivity contribution in [1.82, 2.24) is 9.78 Å². The van der Waals surface area contributed by atoms with E-state index in [0.29, 0.717) is 17.9 Å². The Morgan fingerprint density at radius 2 is 2.05 bits per heavy atom. The first-order valence-corrected chi connectivity index (χ1v) is 6.47. The molecule has 0 aliphatic carbocycles. The monoisotopic (exact) mass is 273 g/mol. The lowest BCUT2D eigenvalue weighted by Gasteiger charge is -2.12. The maximum atomic E-state index is 12.4. The molecule has 2 aromatic rings. The molecule has 0 saturated carbocycles. The normalized spacial score (nSPS) is 12.2.